The number of hydrogen-bond donors (Lipinski definition) is 0. The lowest BCUT2D eigenvalue weighted by molar-refractivity contribution is 0.0969. The second-order valence-electron chi connectivity index (χ2n) is 10.3. The fourth-order valence-electron chi connectivity index (χ4n) is 5.31. The Bertz CT molecular complexity index is 1790. The number of nitrogens with zero attached hydrogens (tertiary/aromatic N) is 3. The predicted molar refractivity (Wildman–Crippen MR) is 146 cm³/mol. The minimum Gasteiger partial charge on any atom is -0.450 e. The number of anilines is 1. The summed E-state index contributed by atoms with van der Waals surface area (Å²) in [6.07, 6.45) is 1.63. The molecular weight excluding hydrogens is 542 g/mol. The summed E-state index contributed by atoms with van der Waals surface area (Å²) < 4.78 is 39.3. The number of hydrogen-bond acceptors (Lipinski definition) is 7. The van der Waals surface area contributed by atoms with E-state index in [1.54, 1.807) is 38.1 Å². The lowest BCUT2D eigenvalue weighted by Gasteiger charge is -2.29. The molecular formula is C28H26ClN3O6S. The van der Waals surface area contributed by atoms with Crippen LogP contribution in [0.2, 0.25) is 5.02 Å². The number of carbonyl (C=O) groups is 1. The number of amides is 1. The van der Waals surface area contributed by atoms with Crippen molar-refractivity contribution in [3.8, 4) is 0 Å². The molecule has 0 bridgehead atoms. The second kappa shape index (κ2) is 9.32. The molecule has 0 N–H and O–H groups in total. The summed E-state index contributed by atoms with van der Waals surface area (Å²) >= 11 is 6.31. The molecule has 0 saturated carbocycles. The number of halogens is 1. The summed E-state index contributed by atoms with van der Waals surface area (Å²) in [5.74, 6) is 0.543. The van der Waals surface area contributed by atoms with Crippen LogP contribution in [0.5, 0.6) is 0 Å². The highest BCUT2D eigenvalue weighted by atomic mass is 35.5. The third kappa shape index (κ3) is 4.18. The smallest absolute Gasteiger partial charge is 0.296 e. The van der Waals surface area contributed by atoms with Gasteiger partial charge < -0.3 is 8.94 Å². The van der Waals surface area contributed by atoms with Crippen molar-refractivity contribution in [3.63, 3.8) is 0 Å². The Kier molecular flexibility index (Phi) is 6.16. The van der Waals surface area contributed by atoms with Crippen molar-refractivity contribution in [1.82, 2.24) is 9.46 Å². The maximum Gasteiger partial charge on any atom is 0.296 e. The maximum absolute atomic E-state index is 13.8. The zero-order valence-corrected chi connectivity index (χ0v) is 23.2. The van der Waals surface area contributed by atoms with E-state index < -0.39 is 27.4 Å². The monoisotopic (exact) mass is 567 g/mol. The molecule has 39 heavy (non-hydrogen) atoms. The Balaban J connectivity index is 1.48. The van der Waals surface area contributed by atoms with Gasteiger partial charge in [0.2, 0.25) is 15.8 Å². The molecule has 0 radical (unpaired) electrons. The van der Waals surface area contributed by atoms with Crippen molar-refractivity contribution in [3.05, 3.63) is 85.9 Å². The Morgan fingerprint density at radius 1 is 1.03 bits per heavy atom. The van der Waals surface area contributed by atoms with Gasteiger partial charge in [-0.1, -0.05) is 35.8 Å². The van der Waals surface area contributed by atoms with Crippen molar-refractivity contribution >= 4 is 44.3 Å². The van der Waals surface area contributed by atoms with Crippen LogP contribution in [0.4, 0.5) is 5.82 Å². The molecule has 4 heterocycles. The van der Waals surface area contributed by atoms with E-state index in [0.717, 1.165) is 12.8 Å². The number of benzene rings is 2. The maximum atomic E-state index is 13.8. The fraction of sp³-hybridized carbons (Fsp3) is 0.321. The Labute approximate surface area is 230 Å². The molecule has 1 saturated heterocycles. The van der Waals surface area contributed by atoms with Crippen molar-refractivity contribution in [2.45, 2.75) is 44.6 Å². The normalized spacial score (nSPS) is 18.7. The van der Waals surface area contributed by atoms with Crippen LogP contribution in [0.15, 0.2) is 61.1 Å². The van der Waals surface area contributed by atoms with Crippen molar-refractivity contribution in [2.75, 3.05) is 18.0 Å². The lowest BCUT2D eigenvalue weighted by Crippen LogP contribution is -2.37. The molecule has 2 aliphatic rings. The van der Waals surface area contributed by atoms with Gasteiger partial charge in [-0.3, -0.25) is 14.5 Å². The van der Waals surface area contributed by atoms with Crippen molar-refractivity contribution < 1.29 is 22.2 Å². The van der Waals surface area contributed by atoms with E-state index in [0.29, 0.717) is 40.9 Å². The van der Waals surface area contributed by atoms with E-state index in [9.17, 15) is 18.0 Å². The molecule has 9 nitrogen and oxygen atoms in total. The molecule has 2 aromatic heterocycles. The zero-order valence-electron chi connectivity index (χ0n) is 21.6. The summed E-state index contributed by atoms with van der Waals surface area (Å²) in [5.41, 5.74) is 1.22. The molecule has 11 heteroatoms. The highest BCUT2D eigenvalue weighted by molar-refractivity contribution is 7.89. The van der Waals surface area contributed by atoms with Crippen LogP contribution in [-0.4, -0.2) is 36.9 Å². The number of aryl methyl sites for hydroxylation is 2. The zero-order chi connectivity index (χ0) is 27.6. The molecule has 1 fully saturated rings. The average Bonchev–Trinajstić information content (AvgIpc) is 3.46. The second-order valence-corrected chi connectivity index (χ2v) is 12.6. The Morgan fingerprint density at radius 2 is 1.72 bits per heavy atom. The van der Waals surface area contributed by atoms with Gasteiger partial charge in [0.1, 0.15) is 11.3 Å². The molecule has 4 aromatic rings. The van der Waals surface area contributed by atoms with E-state index >= 15 is 0 Å². The van der Waals surface area contributed by atoms with E-state index in [1.807, 2.05) is 0 Å². The van der Waals surface area contributed by atoms with Crippen molar-refractivity contribution in [1.29, 1.82) is 0 Å². The standard InChI is InChI=1S/C28H26ClN3O6S/c1-15-8-10-31(11-9-15)39(35,36)19-6-4-18(5-7-19)25-24-26(33)20-14-21(29)16(2)12-22(20)37-27(24)28(34)32(25)23-13-17(3)38-30-23/h4-7,12-15,25H,8-11H2,1-3H3. The molecule has 202 valence electrons. The third-order valence-corrected chi connectivity index (χ3v) is 9.91. The van der Waals surface area contributed by atoms with E-state index in [1.165, 1.54) is 27.4 Å². The Morgan fingerprint density at radius 3 is 2.36 bits per heavy atom. The van der Waals surface area contributed by atoms with Crippen LogP contribution in [0.3, 0.4) is 0 Å². The number of sulfonamides is 1. The summed E-state index contributed by atoms with van der Waals surface area (Å²) in [4.78, 5) is 29.0. The molecule has 1 amide bonds. The largest absolute Gasteiger partial charge is 0.450 e. The van der Waals surface area contributed by atoms with E-state index in [-0.39, 0.29) is 33.0 Å². The lowest BCUT2D eigenvalue weighted by atomic mass is 9.98. The van der Waals surface area contributed by atoms with Gasteiger partial charge in [0.15, 0.2) is 11.2 Å². The number of piperidine rings is 1. The third-order valence-electron chi connectivity index (χ3n) is 7.59. The number of rotatable bonds is 4. The molecule has 0 aliphatic carbocycles. The first-order valence-corrected chi connectivity index (χ1v) is 14.5. The van der Waals surface area contributed by atoms with E-state index in [2.05, 4.69) is 12.1 Å². The summed E-state index contributed by atoms with van der Waals surface area (Å²) in [5, 5.41) is 4.67. The topological polar surface area (TPSA) is 114 Å². The van der Waals surface area contributed by atoms with Gasteiger partial charge in [-0.2, -0.15) is 4.31 Å². The van der Waals surface area contributed by atoms with Crippen LogP contribution < -0.4 is 10.3 Å². The van der Waals surface area contributed by atoms with Crippen LogP contribution in [0, 0.1) is 19.8 Å². The van der Waals surface area contributed by atoms with Gasteiger partial charge in [-0.15, -0.1) is 0 Å². The Hall–Kier alpha value is -3.47. The highest BCUT2D eigenvalue weighted by Gasteiger charge is 2.45. The first-order valence-electron chi connectivity index (χ1n) is 12.7. The molecule has 1 unspecified atom stereocenters. The van der Waals surface area contributed by atoms with Gasteiger partial charge in [-0.05, 0) is 68.0 Å². The van der Waals surface area contributed by atoms with Crippen LogP contribution in [0.25, 0.3) is 11.0 Å². The molecule has 1 atom stereocenters. The van der Waals surface area contributed by atoms with Gasteiger partial charge in [-0.25, -0.2) is 8.42 Å². The minimum atomic E-state index is -3.67. The molecule has 0 spiro atoms. The highest BCUT2D eigenvalue weighted by Crippen LogP contribution is 2.41. The van der Waals surface area contributed by atoms with Gasteiger partial charge in [0.05, 0.1) is 21.9 Å². The summed E-state index contributed by atoms with van der Waals surface area (Å²) in [6.45, 7) is 6.56. The summed E-state index contributed by atoms with van der Waals surface area (Å²) in [6, 6.07) is 10.1. The number of aromatic nitrogens is 1. The first-order chi connectivity index (χ1) is 18.6. The summed E-state index contributed by atoms with van der Waals surface area (Å²) in [7, 11) is -3.67. The molecule has 2 aromatic carbocycles. The van der Waals surface area contributed by atoms with Crippen molar-refractivity contribution in [2.24, 2.45) is 5.92 Å². The van der Waals surface area contributed by atoms with Gasteiger partial charge in [0.25, 0.3) is 5.91 Å². The predicted octanol–water partition coefficient (Wildman–Crippen LogP) is 5.22. The molecule has 6 rings (SSSR count). The average molecular weight is 568 g/mol. The number of carbonyl (C=O) groups excluding carboxylic acids is 1. The minimum absolute atomic E-state index is 0.0981. The van der Waals surface area contributed by atoms with Gasteiger partial charge in [0, 0.05) is 24.2 Å². The van der Waals surface area contributed by atoms with Crippen LogP contribution in [0.1, 0.15) is 58.8 Å². The van der Waals surface area contributed by atoms with E-state index in [4.69, 9.17) is 20.5 Å². The van der Waals surface area contributed by atoms with Crippen LogP contribution >= 0.6 is 11.6 Å². The van der Waals surface area contributed by atoms with Gasteiger partial charge >= 0.3 is 0 Å². The first kappa shape index (κ1) is 25.8. The molecule has 2 aliphatic heterocycles. The fourth-order valence-corrected chi connectivity index (χ4v) is 6.94. The number of fused-ring (bicyclic) bond motifs is 2. The quantitative estimate of drug-likeness (QED) is 0.332. The SMILES string of the molecule is Cc1cc(N2C(=O)c3oc4cc(C)c(Cl)cc4c(=O)c3C2c2ccc(S(=O)(=O)N3CCC(C)CC3)cc2)no1. The van der Waals surface area contributed by atoms with Crippen LogP contribution in [-0.2, 0) is 10.0 Å².